The predicted octanol–water partition coefficient (Wildman–Crippen LogP) is 1.17. The number of carbonyl (C=O) groups excluding carboxylic acids is 2. The predicted molar refractivity (Wildman–Crippen MR) is 68.6 cm³/mol. The first-order valence-corrected chi connectivity index (χ1v) is 6.30. The normalized spacial score (nSPS) is 19.1. The molecule has 1 aliphatic rings. The molecule has 1 saturated heterocycles. The van der Waals surface area contributed by atoms with Crippen molar-refractivity contribution in [2.24, 2.45) is 5.92 Å². The molecule has 1 fully saturated rings. The minimum Gasteiger partial charge on any atom is -0.356 e. The van der Waals surface area contributed by atoms with Crippen LogP contribution in [-0.4, -0.2) is 29.8 Å². The molecular formula is C14H18N2O2. The number of benzene rings is 1. The SMILES string of the molecule is CCNC(=O)C1CC(=O)N(Cc2ccccc2)C1. The summed E-state index contributed by atoms with van der Waals surface area (Å²) in [4.78, 5) is 25.3. The van der Waals surface area contributed by atoms with Crippen LogP contribution in [0.5, 0.6) is 0 Å². The van der Waals surface area contributed by atoms with Gasteiger partial charge in [-0.1, -0.05) is 30.3 Å². The molecule has 0 spiro atoms. The zero-order valence-corrected chi connectivity index (χ0v) is 10.6. The van der Waals surface area contributed by atoms with E-state index < -0.39 is 0 Å². The molecule has 0 radical (unpaired) electrons. The quantitative estimate of drug-likeness (QED) is 0.867. The van der Waals surface area contributed by atoms with Gasteiger partial charge in [-0.15, -0.1) is 0 Å². The van der Waals surface area contributed by atoms with Crippen LogP contribution in [0, 0.1) is 5.92 Å². The van der Waals surface area contributed by atoms with Gasteiger partial charge in [0.1, 0.15) is 0 Å². The molecule has 1 aromatic rings. The van der Waals surface area contributed by atoms with E-state index in [0.717, 1.165) is 5.56 Å². The van der Waals surface area contributed by atoms with Gasteiger partial charge in [-0.05, 0) is 12.5 Å². The molecule has 2 amide bonds. The second kappa shape index (κ2) is 5.67. The fraction of sp³-hybridized carbons (Fsp3) is 0.429. The average molecular weight is 246 g/mol. The summed E-state index contributed by atoms with van der Waals surface area (Å²) in [6.45, 7) is 3.62. The summed E-state index contributed by atoms with van der Waals surface area (Å²) in [7, 11) is 0. The number of hydrogen-bond donors (Lipinski definition) is 1. The van der Waals surface area contributed by atoms with Crippen molar-refractivity contribution in [3.05, 3.63) is 35.9 Å². The lowest BCUT2D eigenvalue weighted by atomic mass is 10.1. The van der Waals surface area contributed by atoms with E-state index in [1.807, 2.05) is 37.3 Å². The second-order valence-corrected chi connectivity index (χ2v) is 4.56. The van der Waals surface area contributed by atoms with Gasteiger partial charge in [0.2, 0.25) is 11.8 Å². The molecule has 0 aromatic heterocycles. The minimum absolute atomic E-state index is 0.0126. The largest absolute Gasteiger partial charge is 0.356 e. The Morgan fingerprint density at radius 2 is 2.11 bits per heavy atom. The van der Waals surface area contributed by atoms with E-state index in [-0.39, 0.29) is 17.7 Å². The van der Waals surface area contributed by atoms with Crippen LogP contribution in [0.15, 0.2) is 30.3 Å². The molecule has 4 heteroatoms. The minimum atomic E-state index is -0.193. The fourth-order valence-electron chi connectivity index (χ4n) is 2.22. The Balaban J connectivity index is 1.95. The third kappa shape index (κ3) is 2.88. The Morgan fingerprint density at radius 1 is 1.39 bits per heavy atom. The molecule has 1 N–H and O–H groups in total. The smallest absolute Gasteiger partial charge is 0.225 e. The van der Waals surface area contributed by atoms with E-state index in [1.54, 1.807) is 4.90 Å². The Hall–Kier alpha value is -1.84. The van der Waals surface area contributed by atoms with Gasteiger partial charge >= 0.3 is 0 Å². The van der Waals surface area contributed by atoms with E-state index in [2.05, 4.69) is 5.32 Å². The fourth-order valence-corrected chi connectivity index (χ4v) is 2.22. The number of rotatable bonds is 4. The van der Waals surface area contributed by atoms with Crippen molar-refractivity contribution in [3.8, 4) is 0 Å². The van der Waals surface area contributed by atoms with Gasteiger partial charge in [-0.2, -0.15) is 0 Å². The summed E-state index contributed by atoms with van der Waals surface area (Å²) in [6, 6.07) is 9.85. The van der Waals surface area contributed by atoms with Crippen molar-refractivity contribution in [3.63, 3.8) is 0 Å². The Labute approximate surface area is 107 Å². The molecule has 1 atom stereocenters. The van der Waals surface area contributed by atoms with Crippen LogP contribution in [0.4, 0.5) is 0 Å². The number of amides is 2. The van der Waals surface area contributed by atoms with Crippen LogP contribution >= 0.6 is 0 Å². The molecule has 4 nitrogen and oxygen atoms in total. The van der Waals surface area contributed by atoms with Crippen LogP contribution < -0.4 is 5.32 Å². The van der Waals surface area contributed by atoms with Gasteiger partial charge in [0, 0.05) is 26.1 Å². The molecule has 0 bridgehead atoms. The van der Waals surface area contributed by atoms with Crippen molar-refractivity contribution in [1.29, 1.82) is 0 Å². The molecule has 2 rings (SSSR count). The van der Waals surface area contributed by atoms with Crippen LogP contribution in [0.3, 0.4) is 0 Å². The Morgan fingerprint density at radius 3 is 2.78 bits per heavy atom. The zero-order valence-electron chi connectivity index (χ0n) is 10.6. The van der Waals surface area contributed by atoms with E-state index in [0.29, 0.717) is 26.1 Å². The molecule has 1 unspecified atom stereocenters. The summed E-state index contributed by atoms with van der Waals surface area (Å²) >= 11 is 0. The van der Waals surface area contributed by atoms with Gasteiger partial charge < -0.3 is 10.2 Å². The first-order chi connectivity index (χ1) is 8.70. The summed E-state index contributed by atoms with van der Waals surface area (Å²) in [5.41, 5.74) is 1.10. The van der Waals surface area contributed by atoms with E-state index >= 15 is 0 Å². The van der Waals surface area contributed by atoms with Crippen molar-refractivity contribution in [2.45, 2.75) is 19.9 Å². The lowest BCUT2D eigenvalue weighted by molar-refractivity contribution is -0.129. The summed E-state index contributed by atoms with van der Waals surface area (Å²) < 4.78 is 0. The van der Waals surface area contributed by atoms with E-state index in [9.17, 15) is 9.59 Å². The number of likely N-dealkylation sites (tertiary alicyclic amines) is 1. The maximum atomic E-state index is 11.8. The molecular weight excluding hydrogens is 228 g/mol. The zero-order chi connectivity index (χ0) is 13.0. The molecule has 1 heterocycles. The van der Waals surface area contributed by atoms with Crippen molar-refractivity contribution < 1.29 is 9.59 Å². The van der Waals surface area contributed by atoms with Gasteiger partial charge in [-0.3, -0.25) is 9.59 Å². The molecule has 0 saturated carbocycles. The maximum absolute atomic E-state index is 11.8. The van der Waals surface area contributed by atoms with Gasteiger partial charge in [0.05, 0.1) is 5.92 Å². The Kier molecular flexibility index (Phi) is 3.97. The van der Waals surface area contributed by atoms with Gasteiger partial charge in [0.15, 0.2) is 0 Å². The van der Waals surface area contributed by atoms with Gasteiger partial charge in [-0.25, -0.2) is 0 Å². The van der Waals surface area contributed by atoms with Crippen LogP contribution in [0.1, 0.15) is 18.9 Å². The van der Waals surface area contributed by atoms with Crippen LogP contribution in [-0.2, 0) is 16.1 Å². The second-order valence-electron chi connectivity index (χ2n) is 4.56. The number of nitrogens with one attached hydrogen (secondary N) is 1. The van der Waals surface area contributed by atoms with Crippen molar-refractivity contribution in [2.75, 3.05) is 13.1 Å². The van der Waals surface area contributed by atoms with Gasteiger partial charge in [0.25, 0.3) is 0 Å². The lowest BCUT2D eigenvalue weighted by Gasteiger charge is -2.16. The van der Waals surface area contributed by atoms with Crippen LogP contribution in [0.25, 0.3) is 0 Å². The maximum Gasteiger partial charge on any atom is 0.225 e. The monoisotopic (exact) mass is 246 g/mol. The third-order valence-electron chi connectivity index (χ3n) is 3.15. The molecule has 1 aliphatic heterocycles. The molecule has 18 heavy (non-hydrogen) atoms. The highest BCUT2D eigenvalue weighted by atomic mass is 16.2. The van der Waals surface area contributed by atoms with Crippen molar-refractivity contribution >= 4 is 11.8 Å². The third-order valence-corrected chi connectivity index (χ3v) is 3.15. The highest BCUT2D eigenvalue weighted by Crippen LogP contribution is 2.20. The molecule has 0 aliphatic carbocycles. The number of hydrogen-bond acceptors (Lipinski definition) is 2. The van der Waals surface area contributed by atoms with E-state index in [1.165, 1.54) is 0 Å². The first-order valence-electron chi connectivity index (χ1n) is 6.30. The lowest BCUT2D eigenvalue weighted by Crippen LogP contribution is -2.32. The van der Waals surface area contributed by atoms with E-state index in [4.69, 9.17) is 0 Å². The molecule has 1 aromatic carbocycles. The van der Waals surface area contributed by atoms with Crippen LogP contribution in [0.2, 0.25) is 0 Å². The van der Waals surface area contributed by atoms with Crippen molar-refractivity contribution in [1.82, 2.24) is 10.2 Å². The summed E-state index contributed by atoms with van der Waals surface area (Å²) in [5.74, 6) is -0.141. The Bertz CT molecular complexity index is 431. The highest BCUT2D eigenvalue weighted by molar-refractivity contribution is 5.89. The highest BCUT2D eigenvalue weighted by Gasteiger charge is 2.33. The first kappa shape index (κ1) is 12.6. The number of nitrogens with zero attached hydrogens (tertiary/aromatic N) is 1. The average Bonchev–Trinajstić information content (AvgIpc) is 2.73. The topological polar surface area (TPSA) is 49.4 Å². The number of carbonyl (C=O) groups is 2. The standard InChI is InChI=1S/C14H18N2O2/c1-2-15-14(18)12-8-13(17)16(10-12)9-11-6-4-3-5-7-11/h3-7,12H,2,8-10H2,1H3,(H,15,18). The summed E-state index contributed by atoms with van der Waals surface area (Å²) in [6.07, 6.45) is 0.332. The summed E-state index contributed by atoms with van der Waals surface area (Å²) in [5, 5.41) is 2.77. The molecule has 96 valence electrons.